The maximum absolute atomic E-state index is 13.1. The summed E-state index contributed by atoms with van der Waals surface area (Å²) in [7, 11) is 1.62. The lowest BCUT2D eigenvalue weighted by molar-refractivity contribution is -0.132. The van der Waals surface area contributed by atoms with Crippen molar-refractivity contribution in [3.05, 3.63) is 65.5 Å². The second-order valence-corrected chi connectivity index (χ2v) is 6.90. The Hall–Kier alpha value is -2.69. The summed E-state index contributed by atoms with van der Waals surface area (Å²) in [5.74, 6) is 0.257. The van der Waals surface area contributed by atoms with Gasteiger partial charge >= 0.3 is 0 Å². The minimum Gasteiger partial charge on any atom is -0.497 e. The van der Waals surface area contributed by atoms with E-state index in [0.29, 0.717) is 31.5 Å². The van der Waals surface area contributed by atoms with Crippen molar-refractivity contribution in [1.29, 1.82) is 0 Å². The number of nitrogens with zero attached hydrogens (tertiary/aromatic N) is 1. The number of aryl methyl sites for hydroxylation is 1. The van der Waals surface area contributed by atoms with Crippen LogP contribution < -0.4 is 4.74 Å². The van der Waals surface area contributed by atoms with Gasteiger partial charge in [-0.1, -0.05) is 12.1 Å². The number of methoxy groups -OCH3 is 1. The van der Waals surface area contributed by atoms with Gasteiger partial charge in [0.1, 0.15) is 11.6 Å². The van der Waals surface area contributed by atoms with Gasteiger partial charge in [0.05, 0.1) is 7.11 Å². The Balaban J connectivity index is 1.57. The van der Waals surface area contributed by atoms with Crippen LogP contribution in [-0.2, 0) is 11.2 Å². The van der Waals surface area contributed by atoms with Crippen LogP contribution in [0.1, 0.15) is 35.2 Å². The van der Waals surface area contributed by atoms with E-state index >= 15 is 0 Å². The minimum absolute atomic E-state index is 0.0136. The lowest BCUT2D eigenvalue weighted by atomic mass is 9.89. The largest absolute Gasteiger partial charge is 0.497 e. The Morgan fingerprint density at radius 2 is 1.96 bits per heavy atom. The highest BCUT2D eigenvalue weighted by molar-refractivity contribution is 5.98. The van der Waals surface area contributed by atoms with Crippen LogP contribution in [0.4, 0.5) is 4.39 Å². The Labute approximate surface area is 158 Å². The second-order valence-electron chi connectivity index (χ2n) is 6.90. The normalized spacial score (nSPS) is 16.8. The zero-order chi connectivity index (χ0) is 19.2. The molecule has 0 N–H and O–H groups in total. The maximum atomic E-state index is 13.1. The first-order valence-corrected chi connectivity index (χ1v) is 9.27. The SMILES string of the molecule is COc1cccc(CCC(=O)N2CCCC(C(=O)c3ccc(F)cc3)C2)c1. The highest BCUT2D eigenvalue weighted by Crippen LogP contribution is 2.22. The summed E-state index contributed by atoms with van der Waals surface area (Å²) in [4.78, 5) is 27.1. The number of benzene rings is 2. The number of Topliss-reactive ketones (excluding diaryl/α,β-unsaturated/α-hetero) is 1. The van der Waals surface area contributed by atoms with Crippen LogP contribution in [0.25, 0.3) is 0 Å². The number of halogens is 1. The average Bonchev–Trinajstić information content (AvgIpc) is 2.72. The van der Waals surface area contributed by atoms with Gasteiger partial charge in [-0.15, -0.1) is 0 Å². The van der Waals surface area contributed by atoms with Crippen LogP contribution in [-0.4, -0.2) is 36.8 Å². The molecule has 0 aromatic heterocycles. The maximum Gasteiger partial charge on any atom is 0.222 e. The standard InChI is InChI=1S/C22H24FNO3/c1-27-20-6-2-4-16(14-20)7-12-21(25)24-13-3-5-18(15-24)22(26)17-8-10-19(23)11-9-17/h2,4,6,8-11,14,18H,3,5,7,12-13,15H2,1H3. The summed E-state index contributed by atoms with van der Waals surface area (Å²) in [6, 6.07) is 13.3. The van der Waals surface area contributed by atoms with Gasteiger partial charge in [-0.2, -0.15) is 0 Å². The topological polar surface area (TPSA) is 46.6 Å². The number of hydrogen-bond donors (Lipinski definition) is 0. The number of piperidine rings is 1. The predicted molar refractivity (Wildman–Crippen MR) is 101 cm³/mol. The molecule has 1 fully saturated rings. The molecule has 1 saturated heterocycles. The van der Waals surface area contributed by atoms with Crippen LogP contribution in [0, 0.1) is 11.7 Å². The van der Waals surface area contributed by atoms with E-state index in [9.17, 15) is 14.0 Å². The third kappa shape index (κ3) is 4.94. The highest BCUT2D eigenvalue weighted by Gasteiger charge is 2.28. The summed E-state index contributed by atoms with van der Waals surface area (Å²) < 4.78 is 18.3. The number of amides is 1. The summed E-state index contributed by atoms with van der Waals surface area (Å²) in [6.07, 6.45) is 2.62. The van der Waals surface area contributed by atoms with Crippen molar-refractivity contribution < 1.29 is 18.7 Å². The van der Waals surface area contributed by atoms with Gasteiger partial charge < -0.3 is 9.64 Å². The molecule has 1 amide bonds. The number of likely N-dealkylation sites (tertiary alicyclic amines) is 1. The van der Waals surface area contributed by atoms with Gasteiger partial charge in [0.2, 0.25) is 5.91 Å². The lowest BCUT2D eigenvalue weighted by Gasteiger charge is -2.32. The van der Waals surface area contributed by atoms with E-state index in [0.717, 1.165) is 24.2 Å². The molecule has 4 nitrogen and oxygen atoms in total. The summed E-state index contributed by atoms with van der Waals surface area (Å²) in [5, 5.41) is 0. The van der Waals surface area contributed by atoms with Gasteiger partial charge in [0, 0.05) is 31.0 Å². The number of ether oxygens (including phenoxy) is 1. The number of carbonyl (C=O) groups excluding carboxylic acids is 2. The molecule has 0 bridgehead atoms. The van der Waals surface area contributed by atoms with Crippen LogP contribution in [0.5, 0.6) is 5.75 Å². The van der Waals surface area contributed by atoms with E-state index in [4.69, 9.17) is 4.74 Å². The molecule has 1 aliphatic rings. The molecule has 2 aromatic carbocycles. The Kier molecular flexibility index (Phi) is 6.22. The number of rotatable bonds is 6. The molecular formula is C22H24FNO3. The van der Waals surface area contributed by atoms with Crippen molar-refractivity contribution in [3.63, 3.8) is 0 Å². The van der Waals surface area contributed by atoms with Crippen LogP contribution >= 0.6 is 0 Å². The fraction of sp³-hybridized carbons (Fsp3) is 0.364. The molecule has 0 aliphatic carbocycles. The summed E-state index contributed by atoms with van der Waals surface area (Å²) >= 11 is 0. The van der Waals surface area contributed by atoms with Crippen molar-refractivity contribution in [1.82, 2.24) is 4.90 Å². The van der Waals surface area contributed by atoms with E-state index in [2.05, 4.69) is 0 Å². The minimum atomic E-state index is -0.357. The monoisotopic (exact) mass is 369 g/mol. The average molecular weight is 369 g/mol. The van der Waals surface area contributed by atoms with Gasteiger partial charge in [-0.3, -0.25) is 9.59 Å². The van der Waals surface area contributed by atoms with E-state index in [1.807, 2.05) is 24.3 Å². The van der Waals surface area contributed by atoms with Gasteiger partial charge in [0.15, 0.2) is 5.78 Å². The highest BCUT2D eigenvalue weighted by atomic mass is 19.1. The number of hydrogen-bond acceptors (Lipinski definition) is 3. The van der Waals surface area contributed by atoms with Gasteiger partial charge in [-0.05, 0) is 61.2 Å². The molecule has 3 rings (SSSR count). The second kappa shape index (κ2) is 8.80. The van der Waals surface area contributed by atoms with Crippen molar-refractivity contribution in [3.8, 4) is 5.75 Å². The molecule has 1 unspecified atom stereocenters. The Morgan fingerprint density at radius 1 is 1.19 bits per heavy atom. The third-order valence-electron chi connectivity index (χ3n) is 5.04. The Morgan fingerprint density at radius 3 is 2.70 bits per heavy atom. The lowest BCUT2D eigenvalue weighted by Crippen LogP contribution is -2.42. The van der Waals surface area contributed by atoms with Crippen LogP contribution in [0.2, 0.25) is 0 Å². The zero-order valence-corrected chi connectivity index (χ0v) is 15.5. The molecule has 0 radical (unpaired) electrons. The van der Waals surface area contributed by atoms with Gasteiger partial charge in [-0.25, -0.2) is 4.39 Å². The van der Waals surface area contributed by atoms with E-state index < -0.39 is 0 Å². The fourth-order valence-electron chi connectivity index (χ4n) is 3.50. The predicted octanol–water partition coefficient (Wildman–Crippen LogP) is 3.89. The quantitative estimate of drug-likeness (QED) is 0.726. The van der Waals surface area contributed by atoms with E-state index in [1.165, 1.54) is 24.3 Å². The van der Waals surface area contributed by atoms with Crippen molar-refractivity contribution in [2.24, 2.45) is 5.92 Å². The number of carbonyl (C=O) groups is 2. The van der Waals surface area contributed by atoms with E-state index in [-0.39, 0.29) is 23.4 Å². The van der Waals surface area contributed by atoms with Crippen molar-refractivity contribution in [2.45, 2.75) is 25.7 Å². The molecule has 5 heteroatoms. The smallest absolute Gasteiger partial charge is 0.222 e. The third-order valence-corrected chi connectivity index (χ3v) is 5.04. The first-order valence-electron chi connectivity index (χ1n) is 9.27. The molecule has 142 valence electrons. The molecule has 1 heterocycles. The van der Waals surface area contributed by atoms with Crippen molar-refractivity contribution in [2.75, 3.05) is 20.2 Å². The van der Waals surface area contributed by atoms with Crippen LogP contribution in [0.3, 0.4) is 0 Å². The number of ketones is 1. The van der Waals surface area contributed by atoms with Crippen molar-refractivity contribution >= 4 is 11.7 Å². The first-order chi connectivity index (χ1) is 13.1. The van der Waals surface area contributed by atoms with Crippen LogP contribution in [0.15, 0.2) is 48.5 Å². The first kappa shape index (κ1) is 19.1. The molecule has 2 aromatic rings. The molecular weight excluding hydrogens is 345 g/mol. The zero-order valence-electron chi connectivity index (χ0n) is 15.5. The molecule has 1 aliphatic heterocycles. The molecule has 0 saturated carbocycles. The molecule has 1 atom stereocenters. The van der Waals surface area contributed by atoms with E-state index in [1.54, 1.807) is 12.0 Å². The van der Waals surface area contributed by atoms with Gasteiger partial charge in [0.25, 0.3) is 0 Å². The molecule has 0 spiro atoms. The summed E-state index contributed by atoms with van der Waals surface area (Å²) in [5.41, 5.74) is 1.56. The fourth-order valence-corrected chi connectivity index (χ4v) is 3.50. The molecule has 27 heavy (non-hydrogen) atoms. The Bertz CT molecular complexity index is 803. The summed E-state index contributed by atoms with van der Waals surface area (Å²) in [6.45, 7) is 1.12.